The maximum atomic E-state index is 12.5. The summed E-state index contributed by atoms with van der Waals surface area (Å²) in [7, 11) is 2.16. The van der Waals surface area contributed by atoms with Crippen LogP contribution in [0.25, 0.3) is 0 Å². The molecule has 2 fully saturated rings. The second kappa shape index (κ2) is 5.57. The third-order valence-electron chi connectivity index (χ3n) is 4.95. The van der Waals surface area contributed by atoms with E-state index in [1.54, 1.807) is 0 Å². The Morgan fingerprint density at radius 2 is 2.33 bits per heavy atom. The van der Waals surface area contributed by atoms with Gasteiger partial charge in [0.25, 0.3) is 0 Å². The van der Waals surface area contributed by atoms with Crippen LogP contribution in [0.5, 0.6) is 0 Å². The van der Waals surface area contributed by atoms with E-state index in [-0.39, 0.29) is 11.3 Å². The molecule has 1 amide bonds. The third-order valence-corrected chi connectivity index (χ3v) is 4.95. The SMILES string of the molecule is CCC1(C(=O)NC2CCN(C)C(C)C2)CCNC1. The fourth-order valence-corrected chi connectivity index (χ4v) is 3.16. The van der Waals surface area contributed by atoms with Gasteiger partial charge >= 0.3 is 0 Å². The maximum absolute atomic E-state index is 12.5. The minimum absolute atomic E-state index is 0.146. The van der Waals surface area contributed by atoms with E-state index in [1.165, 1.54) is 0 Å². The second-order valence-electron chi connectivity index (χ2n) is 6.09. The lowest BCUT2D eigenvalue weighted by molar-refractivity contribution is -0.131. The van der Waals surface area contributed by atoms with Crippen molar-refractivity contribution < 1.29 is 4.79 Å². The number of amides is 1. The Hall–Kier alpha value is -0.610. The van der Waals surface area contributed by atoms with Gasteiger partial charge in [-0.2, -0.15) is 0 Å². The van der Waals surface area contributed by atoms with Gasteiger partial charge in [-0.05, 0) is 46.2 Å². The molecule has 0 aromatic carbocycles. The first kappa shape index (κ1) is 13.8. The highest BCUT2D eigenvalue weighted by molar-refractivity contribution is 5.83. The Kier molecular flexibility index (Phi) is 4.28. The number of nitrogens with one attached hydrogen (secondary N) is 2. The van der Waals surface area contributed by atoms with Gasteiger partial charge in [0.15, 0.2) is 0 Å². The van der Waals surface area contributed by atoms with Crippen molar-refractivity contribution in [3.05, 3.63) is 0 Å². The monoisotopic (exact) mass is 253 g/mol. The van der Waals surface area contributed by atoms with Crippen molar-refractivity contribution >= 4 is 5.91 Å². The molecule has 3 unspecified atom stereocenters. The van der Waals surface area contributed by atoms with E-state index in [2.05, 4.69) is 36.4 Å². The summed E-state index contributed by atoms with van der Waals surface area (Å²) in [6.07, 6.45) is 4.08. The molecule has 0 saturated carbocycles. The zero-order chi connectivity index (χ0) is 13.2. The van der Waals surface area contributed by atoms with Crippen LogP contribution < -0.4 is 10.6 Å². The minimum Gasteiger partial charge on any atom is -0.353 e. The van der Waals surface area contributed by atoms with Crippen molar-refractivity contribution in [1.29, 1.82) is 0 Å². The summed E-state index contributed by atoms with van der Waals surface area (Å²) in [5.74, 6) is 0.275. The first-order valence-corrected chi connectivity index (χ1v) is 7.29. The molecule has 104 valence electrons. The van der Waals surface area contributed by atoms with Crippen molar-refractivity contribution in [1.82, 2.24) is 15.5 Å². The Labute approximate surface area is 110 Å². The molecular formula is C14H27N3O. The van der Waals surface area contributed by atoms with Crippen LogP contribution in [0.4, 0.5) is 0 Å². The van der Waals surface area contributed by atoms with Gasteiger partial charge in [0.2, 0.25) is 5.91 Å². The van der Waals surface area contributed by atoms with Crippen molar-refractivity contribution in [2.45, 2.75) is 51.6 Å². The molecule has 0 aliphatic carbocycles. The molecule has 4 nitrogen and oxygen atoms in total. The van der Waals surface area contributed by atoms with Crippen LogP contribution in [-0.2, 0) is 4.79 Å². The van der Waals surface area contributed by atoms with Crippen molar-refractivity contribution in [3.8, 4) is 0 Å². The molecule has 18 heavy (non-hydrogen) atoms. The maximum Gasteiger partial charge on any atom is 0.227 e. The zero-order valence-corrected chi connectivity index (χ0v) is 12.0. The fourth-order valence-electron chi connectivity index (χ4n) is 3.16. The molecule has 2 heterocycles. The molecule has 0 aromatic rings. The summed E-state index contributed by atoms with van der Waals surface area (Å²) in [4.78, 5) is 14.9. The van der Waals surface area contributed by atoms with Crippen LogP contribution in [0, 0.1) is 5.41 Å². The number of hydrogen-bond acceptors (Lipinski definition) is 3. The Morgan fingerprint density at radius 3 is 2.89 bits per heavy atom. The Bertz CT molecular complexity index is 299. The van der Waals surface area contributed by atoms with Crippen molar-refractivity contribution in [2.75, 3.05) is 26.7 Å². The van der Waals surface area contributed by atoms with Crippen molar-refractivity contribution in [3.63, 3.8) is 0 Å². The smallest absolute Gasteiger partial charge is 0.227 e. The largest absolute Gasteiger partial charge is 0.353 e. The summed E-state index contributed by atoms with van der Waals surface area (Å²) in [5, 5.41) is 6.63. The van der Waals surface area contributed by atoms with E-state index in [0.29, 0.717) is 12.1 Å². The van der Waals surface area contributed by atoms with Gasteiger partial charge in [-0.25, -0.2) is 0 Å². The molecule has 0 spiro atoms. The lowest BCUT2D eigenvalue weighted by Gasteiger charge is -2.37. The molecule has 2 saturated heterocycles. The minimum atomic E-state index is -0.146. The summed E-state index contributed by atoms with van der Waals surface area (Å²) in [6.45, 7) is 7.28. The first-order valence-electron chi connectivity index (χ1n) is 7.29. The van der Waals surface area contributed by atoms with Gasteiger partial charge in [-0.15, -0.1) is 0 Å². The number of carbonyl (C=O) groups is 1. The molecular weight excluding hydrogens is 226 g/mol. The molecule has 3 atom stereocenters. The lowest BCUT2D eigenvalue weighted by atomic mass is 9.82. The van der Waals surface area contributed by atoms with Gasteiger partial charge in [-0.1, -0.05) is 6.92 Å². The second-order valence-corrected chi connectivity index (χ2v) is 6.09. The van der Waals surface area contributed by atoms with Crippen LogP contribution in [0.15, 0.2) is 0 Å². The average Bonchev–Trinajstić information content (AvgIpc) is 2.84. The fraction of sp³-hybridized carbons (Fsp3) is 0.929. The van der Waals surface area contributed by atoms with Gasteiger partial charge in [0.1, 0.15) is 0 Å². The van der Waals surface area contributed by atoms with E-state index in [0.717, 1.165) is 45.3 Å². The van der Waals surface area contributed by atoms with Crippen LogP contribution in [-0.4, -0.2) is 49.6 Å². The normalized spacial score (nSPS) is 37.7. The molecule has 0 radical (unpaired) electrons. The quantitative estimate of drug-likeness (QED) is 0.788. The van der Waals surface area contributed by atoms with E-state index in [9.17, 15) is 4.79 Å². The predicted octanol–water partition coefficient (Wildman–Crippen LogP) is 0.975. The number of piperidine rings is 1. The van der Waals surface area contributed by atoms with E-state index in [1.807, 2.05) is 0 Å². The lowest BCUT2D eigenvalue weighted by Crippen LogP contribution is -2.51. The number of likely N-dealkylation sites (tertiary alicyclic amines) is 1. The zero-order valence-electron chi connectivity index (χ0n) is 12.0. The third kappa shape index (κ3) is 2.69. The number of rotatable bonds is 3. The number of carbonyl (C=O) groups excluding carboxylic acids is 1. The summed E-state index contributed by atoms with van der Waals surface area (Å²) >= 11 is 0. The summed E-state index contributed by atoms with van der Waals surface area (Å²) in [5.41, 5.74) is -0.146. The summed E-state index contributed by atoms with van der Waals surface area (Å²) < 4.78 is 0. The van der Waals surface area contributed by atoms with Crippen molar-refractivity contribution in [2.24, 2.45) is 5.41 Å². The summed E-state index contributed by atoms with van der Waals surface area (Å²) in [6, 6.07) is 0.941. The molecule has 0 bridgehead atoms. The van der Waals surface area contributed by atoms with Gasteiger partial charge in [-0.3, -0.25) is 4.79 Å². The highest BCUT2D eigenvalue weighted by Gasteiger charge is 2.40. The van der Waals surface area contributed by atoms with Crippen LogP contribution in [0.2, 0.25) is 0 Å². The highest BCUT2D eigenvalue weighted by Crippen LogP contribution is 2.30. The molecule has 2 N–H and O–H groups in total. The topological polar surface area (TPSA) is 44.4 Å². The molecule has 2 rings (SSSR count). The molecule has 2 aliphatic heterocycles. The van der Waals surface area contributed by atoms with E-state index < -0.39 is 0 Å². The molecule has 0 aromatic heterocycles. The number of nitrogens with zero attached hydrogens (tertiary/aromatic N) is 1. The first-order chi connectivity index (χ1) is 8.57. The standard InChI is InChI=1S/C14H27N3O/c1-4-14(6-7-15-10-14)13(18)16-12-5-8-17(3)11(2)9-12/h11-12,15H,4-10H2,1-3H3,(H,16,18). The van der Waals surface area contributed by atoms with Crippen LogP contribution in [0.3, 0.4) is 0 Å². The van der Waals surface area contributed by atoms with Crippen LogP contribution >= 0.6 is 0 Å². The number of hydrogen-bond donors (Lipinski definition) is 2. The Balaban J connectivity index is 1.91. The Morgan fingerprint density at radius 1 is 1.56 bits per heavy atom. The van der Waals surface area contributed by atoms with Gasteiger partial charge in [0.05, 0.1) is 5.41 Å². The van der Waals surface area contributed by atoms with Gasteiger partial charge < -0.3 is 15.5 Å². The van der Waals surface area contributed by atoms with Crippen LogP contribution in [0.1, 0.15) is 39.5 Å². The molecule has 4 heteroatoms. The van der Waals surface area contributed by atoms with Gasteiger partial charge in [0, 0.05) is 25.2 Å². The average molecular weight is 253 g/mol. The highest BCUT2D eigenvalue weighted by atomic mass is 16.2. The van der Waals surface area contributed by atoms with E-state index in [4.69, 9.17) is 0 Å². The predicted molar refractivity (Wildman–Crippen MR) is 73.5 cm³/mol. The molecule has 2 aliphatic rings. The van der Waals surface area contributed by atoms with E-state index >= 15 is 0 Å².